The first-order chi connectivity index (χ1) is 40.7. The molecule has 34 atom stereocenters. The minimum atomic E-state index is -2.07. The maximum absolute atomic E-state index is 12.2. The SMILES string of the molecule is CC(=O)OC[C@H]1O[C@@H](O[C@H]2CC[C@@]3(C)C(=CC[C@H]4[C@@H]5C[C@@H]6OC(CC[C@H](C)CO[C@@H]7O[C@H](CO)[C@@H](O)[C@H](O)[C@H]7O)=C(C)[C@@H]6[C@@]5(C)CC[C@@H]43)C2)[C@H](O[C@@H]2O[C@@H](O)[C@H](O)[C@@H](O)[C@H]2O)[C@@H](O[C@@H]2O[C@@H](C)[C@H](O[C@@H]3O[C@H](CO)[C@@H](O)[C@H](O)[C@H]3O)[C@@H](O)[C@H]2O)[C@@H]1O. The number of allylic oxidation sites excluding steroid dienone is 2. The van der Waals surface area contributed by atoms with Crippen LogP contribution in [0.15, 0.2) is 23.0 Å². The van der Waals surface area contributed by atoms with Crippen molar-refractivity contribution in [2.45, 2.75) is 265 Å². The molecule has 0 unspecified atom stereocenters. The van der Waals surface area contributed by atoms with Crippen LogP contribution in [0, 0.1) is 40.4 Å². The molecule has 8 fully saturated rings. The van der Waals surface area contributed by atoms with E-state index in [9.17, 15) is 81.4 Å². The van der Waals surface area contributed by atoms with Gasteiger partial charge < -0.3 is 133 Å². The molecular formula is C58H92O28. The Bertz CT molecular complexity index is 2360. The molecule has 0 aromatic carbocycles. The molecule has 0 aromatic heterocycles. The van der Waals surface area contributed by atoms with Gasteiger partial charge in [0.05, 0.1) is 37.8 Å². The molecule has 492 valence electrons. The summed E-state index contributed by atoms with van der Waals surface area (Å²) in [5.41, 5.74) is 2.26. The fraction of sp³-hybridized carbons (Fsp3) is 0.914. The average Bonchev–Trinajstić information content (AvgIpc) is 1.48. The van der Waals surface area contributed by atoms with Crippen molar-refractivity contribution >= 4 is 5.97 Å². The number of aliphatic hydroxyl groups excluding tert-OH is 15. The molecule has 0 aromatic rings. The molecule has 3 saturated carbocycles. The third-order valence-electron chi connectivity index (χ3n) is 21.0. The Labute approximate surface area is 498 Å². The lowest BCUT2D eigenvalue weighted by Gasteiger charge is -2.58. The highest BCUT2D eigenvalue weighted by molar-refractivity contribution is 5.65. The summed E-state index contributed by atoms with van der Waals surface area (Å²) in [7, 11) is 0. The number of rotatable bonds is 18. The molecule has 6 aliphatic heterocycles. The standard InChI is InChI=1S/C58H92O28/c1-21(19-76-52-44(70)39(65)36(62)32(17-59)80-52)7-10-30-22(2)35-31(79-30)16-29-27-9-8-25-15-26(11-13-57(25,5)28(27)12-14-58(29,35)6)78-56-50(85-55-46(72)41(67)43(69)51(74)86-55)49(38(64)34(82-56)20-75-24(4)61)84-53-47(73)42(68)48(23(3)77-53)83-54-45(71)40(66)37(63)33(18-60)81-54/h8,21,23,26-29,31-56,59-60,62-74H,7,9-20H2,1-6H3/t21-,23-,26-,27+,28-,29-,31-,32+,33+,34+,35-,36+,37+,38+,39-,40-,41+,42-,43+,44+,45+,46+,47+,48-,49-,50+,51+,52+,53-,54-,55+,56+,57-,58-/m0/s1. The van der Waals surface area contributed by atoms with Gasteiger partial charge in [-0.2, -0.15) is 0 Å². The molecule has 28 heteroatoms. The van der Waals surface area contributed by atoms with Gasteiger partial charge in [0.2, 0.25) is 0 Å². The summed E-state index contributed by atoms with van der Waals surface area (Å²) in [6.45, 7) is 9.86. The zero-order valence-electron chi connectivity index (χ0n) is 49.3. The van der Waals surface area contributed by atoms with E-state index in [0.717, 1.165) is 44.8 Å². The zero-order valence-corrected chi connectivity index (χ0v) is 49.3. The molecule has 10 aliphatic rings. The van der Waals surface area contributed by atoms with Crippen molar-refractivity contribution in [2.75, 3.05) is 26.4 Å². The third-order valence-corrected chi connectivity index (χ3v) is 21.0. The van der Waals surface area contributed by atoms with Gasteiger partial charge in [-0.05, 0) is 105 Å². The molecule has 0 amide bonds. The monoisotopic (exact) mass is 1240 g/mol. The molecule has 86 heavy (non-hydrogen) atoms. The van der Waals surface area contributed by atoms with Crippen molar-refractivity contribution < 1.29 is 138 Å². The van der Waals surface area contributed by atoms with Crippen LogP contribution in [-0.4, -0.2) is 275 Å². The van der Waals surface area contributed by atoms with Crippen molar-refractivity contribution in [1.29, 1.82) is 0 Å². The number of carbonyl (C=O) groups is 1. The van der Waals surface area contributed by atoms with Crippen LogP contribution in [0.3, 0.4) is 0 Å². The Morgan fingerprint density at radius 2 is 1.22 bits per heavy atom. The number of fused-ring (bicyclic) bond motifs is 7. The maximum Gasteiger partial charge on any atom is 0.302 e. The smallest absolute Gasteiger partial charge is 0.302 e. The average molecular weight is 1240 g/mol. The van der Waals surface area contributed by atoms with Crippen molar-refractivity contribution in [3.05, 3.63) is 23.0 Å². The van der Waals surface area contributed by atoms with Gasteiger partial charge in [-0.15, -0.1) is 0 Å². The number of hydrogen-bond acceptors (Lipinski definition) is 28. The predicted octanol–water partition coefficient (Wildman–Crippen LogP) is -3.71. The summed E-state index contributed by atoms with van der Waals surface area (Å²) in [5, 5.41) is 160. The van der Waals surface area contributed by atoms with Gasteiger partial charge in [-0.3, -0.25) is 4.79 Å². The predicted molar refractivity (Wildman–Crippen MR) is 286 cm³/mol. The molecule has 5 saturated heterocycles. The first kappa shape index (κ1) is 66.7. The third kappa shape index (κ3) is 12.6. The van der Waals surface area contributed by atoms with Crippen LogP contribution in [-0.2, 0) is 61.6 Å². The topological polar surface area (TPSA) is 431 Å². The van der Waals surface area contributed by atoms with E-state index in [1.54, 1.807) is 0 Å². The van der Waals surface area contributed by atoms with Gasteiger partial charge >= 0.3 is 5.97 Å². The second-order valence-electron chi connectivity index (χ2n) is 26.3. The summed E-state index contributed by atoms with van der Waals surface area (Å²) < 4.78 is 72.1. The largest absolute Gasteiger partial charge is 0.494 e. The highest BCUT2D eigenvalue weighted by atomic mass is 16.8. The van der Waals surface area contributed by atoms with Crippen molar-refractivity contribution in [3.8, 4) is 0 Å². The van der Waals surface area contributed by atoms with E-state index in [1.165, 1.54) is 18.1 Å². The quantitative estimate of drug-likeness (QED) is 0.0464. The molecule has 0 radical (unpaired) electrons. The van der Waals surface area contributed by atoms with Crippen LogP contribution >= 0.6 is 0 Å². The van der Waals surface area contributed by atoms with E-state index in [-0.39, 0.29) is 35.4 Å². The van der Waals surface area contributed by atoms with E-state index >= 15 is 0 Å². The Morgan fingerprint density at radius 3 is 1.88 bits per heavy atom. The van der Waals surface area contributed by atoms with Gasteiger partial charge in [0.15, 0.2) is 37.7 Å². The lowest BCUT2D eigenvalue weighted by Crippen LogP contribution is -2.67. The zero-order chi connectivity index (χ0) is 62.2. The summed E-state index contributed by atoms with van der Waals surface area (Å²) in [6, 6.07) is 0. The van der Waals surface area contributed by atoms with Gasteiger partial charge in [0.1, 0.15) is 123 Å². The minimum absolute atomic E-state index is 0.00511. The van der Waals surface area contributed by atoms with Crippen molar-refractivity contribution in [3.63, 3.8) is 0 Å². The van der Waals surface area contributed by atoms with Crippen LogP contribution < -0.4 is 0 Å². The van der Waals surface area contributed by atoms with Crippen LogP contribution in [0.1, 0.15) is 99.3 Å². The lowest BCUT2D eigenvalue weighted by atomic mass is 9.47. The molecule has 0 bridgehead atoms. The minimum Gasteiger partial charge on any atom is -0.494 e. The maximum atomic E-state index is 12.2. The highest BCUT2D eigenvalue weighted by Crippen LogP contribution is 2.69. The van der Waals surface area contributed by atoms with Crippen LogP contribution in [0.5, 0.6) is 0 Å². The summed E-state index contributed by atoms with van der Waals surface area (Å²) >= 11 is 0. The van der Waals surface area contributed by atoms with E-state index < -0.39 is 186 Å². The second kappa shape index (κ2) is 26.8. The normalized spacial score (nSPS) is 51.6. The first-order valence-electron chi connectivity index (χ1n) is 30.5. The summed E-state index contributed by atoms with van der Waals surface area (Å²) in [4.78, 5) is 12.2. The molecule has 10 rings (SSSR count). The van der Waals surface area contributed by atoms with Crippen molar-refractivity contribution in [1.82, 2.24) is 0 Å². The Morgan fingerprint density at radius 1 is 0.640 bits per heavy atom. The van der Waals surface area contributed by atoms with E-state index in [2.05, 4.69) is 26.8 Å². The molecule has 6 heterocycles. The molecule has 15 N–H and O–H groups in total. The van der Waals surface area contributed by atoms with Crippen molar-refractivity contribution in [2.24, 2.45) is 40.4 Å². The summed E-state index contributed by atoms with van der Waals surface area (Å²) in [6.07, 6.45) is -33.4. The first-order valence-corrected chi connectivity index (χ1v) is 30.5. The van der Waals surface area contributed by atoms with Gasteiger partial charge in [-0.25, -0.2) is 0 Å². The number of carbonyl (C=O) groups excluding carboxylic acids is 1. The van der Waals surface area contributed by atoms with E-state index in [4.69, 9.17) is 56.8 Å². The van der Waals surface area contributed by atoms with Crippen LogP contribution in [0.4, 0.5) is 0 Å². The number of ether oxygens (including phenoxy) is 12. The van der Waals surface area contributed by atoms with E-state index in [0.29, 0.717) is 43.4 Å². The van der Waals surface area contributed by atoms with Crippen LogP contribution in [0.2, 0.25) is 0 Å². The van der Waals surface area contributed by atoms with Gasteiger partial charge in [0.25, 0.3) is 0 Å². The van der Waals surface area contributed by atoms with E-state index in [1.807, 2.05) is 6.92 Å². The number of esters is 1. The summed E-state index contributed by atoms with van der Waals surface area (Å²) in [5.74, 6) is 1.67. The number of aliphatic hydroxyl groups is 15. The highest BCUT2D eigenvalue weighted by Gasteiger charge is 2.64. The molecule has 4 aliphatic carbocycles. The fourth-order valence-corrected chi connectivity index (χ4v) is 16.0. The Balaban J connectivity index is 0.829. The number of hydrogen-bond donors (Lipinski definition) is 15. The second-order valence-corrected chi connectivity index (χ2v) is 26.3. The molecule has 28 nitrogen and oxygen atoms in total. The Kier molecular flexibility index (Phi) is 20.7. The van der Waals surface area contributed by atoms with Gasteiger partial charge in [0, 0.05) is 19.3 Å². The fourth-order valence-electron chi connectivity index (χ4n) is 16.0. The lowest BCUT2D eigenvalue weighted by molar-refractivity contribution is -0.407. The van der Waals surface area contributed by atoms with Crippen LogP contribution in [0.25, 0.3) is 0 Å². The van der Waals surface area contributed by atoms with Gasteiger partial charge in [-0.1, -0.05) is 32.4 Å². The molecule has 0 spiro atoms. The Hall–Kier alpha value is -2.25. The molecular weight excluding hydrogens is 1140 g/mol.